The quantitative estimate of drug-likeness (QED) is 0.197. The molecule has 1 amide bonds. The van der Waals surface area contributed by atoms with Crippen molar-refractivity contribution in [1.29, 1.82) is 0 Å². The average Bonchev–Trinajstić information content (AvgIpc) is 3.13. The van der Waals surface area contributed by atoms with Crippen LogP contribution >= 0.6 is 34.7 Å². The number of carbonyl (C=O) groups excluding carboxylic acids is 1. The zero-order chi connectivity index (χ0) is 20.3. The van der Waals surface area contributed by atoms with Gasteiger partial charge in [0.25, 0.3) is 11.2 Å². The van der Waals surface area contributed by atoms with Crippen LogP contribution in [0.4, 0.5) is 11.4 Å². The zero-order valence-electron chi connectivity index (χ0n) is 14.3. The molecule has 1 N–H and O–H groups in total. The number of benzene rings is 1. The number of rotatable bonds is 7. The van der Waals surface area contributed by atoms with E-state index in [9.17, 15) is 19.7 Å². The maximum atomic E-state index is 12.6. The van der Waals surface area contributed by atoms with E-state index < -0.39 is 4.92 Å². The fourth-order valence-corrected chi connectivity index (χ4v) is 4.20. The standard InChI is InChI=1S/C17H13ClN4O4S2/c1-2-6-21-16(24)11-5-7-27-15(11)20-17(21)28-9-14(23)19-13-4-3-10(22(25)26)8-12(13)18/h2-5,7-8H,1,6,9H2,(H,19,23). The molecule has 0 bridgehead atoms. The second-order valence-corrected chi connectivity index (χ2v) is 7.74. The van der Waals surface area contributed by atoms with Crippen molar-refractivity contribution in [3.63, 3.8) is 0 Å². The number of halogens is 1. The molecule has 0 saturated carbocycles. The number of thioether (sulfide) groups is 1. The summed E-state index contributed by atoms with van der Waals surface area (Å²) in [7, 11) is 0. The minimum absolute atomic E-state index is 0.0201. The second-order valence-electron chi connectivity index (χ2n) is 5.50. The molecular weight excluding hydrogens is 424 g/mol. The minimum atomic E-state index is -0.571. The number of amides is 1. The Hall–Kier alpha value is -2.69. The summed E-state index contributed by atoms with van der Waals surface area (Å²) in [4.78, 5) is 40.1. The maximum Gasteiger partial charge on any atom is 0.271 e. The average molecular weight is 437 g/mol. The predicted molar refractivity (Wildman–Crippen MR) is 112 cm³/mol. The fraction of sp³-hybridized carbons (Fsp3) is 0.118. The van der Waals surface area contributed by atoms with E-state index in [0.29, 0.717) is 15.4 Å². The molecule has 2 heterocycles. The third-order valence-corrected chi connectivity index (χ3v) is 5.73. The topological polar surface area (TPSA) is 107 Å². The van der Waals surface area contributed by atoms with Gasteiger partial charge in [0.05, 0.1) is 26.8 Å². The van der Waals surface area contributed by atoms with E-state index in [0.717, 1.165) is 11.8 Å². The molecule has 0 saturated heterocycles. The van der Waals surface area contributed by atoms with Gasteiger partial charge >= 0.3 is 0 Å². The summed E-state index contributed by atoms with van der Waals surface area (Å²) >= 11 is 8.44. The van der Waals surface area contributed by atoms with Crippen LogP contribution in [0.25, 0.3) is 10.2 Å². The van der Waals surface area contributed by atoms with Gasteiger partial charge in [0.15, 0.2) is 5.16 Å². The Morgan fingerprint density at radius 3 is 2.93 bits per heavy atom. The van der Waals surface area contributed by atoms with E-state index in [1.165, 1.54) is 34.1 Å². The van der Waals surface area contributed by atoms with Crippen LogP contribution in [0, 0.1) is 10.1 Å². The molecule has 3 aromatic rings. The summed E-state index contributed by atoms with van der Waals surface area (Å²) in [6.45, 7) is 3.92. The molecule has 0 radical (unpaired) electrons. The zero-order valence-corrected chi connectivity index (χ0v) is 16.6. The summed E-state index contributed by atoms with van der Waals surface area (Å²) in [6, 6.07) is 5.50. The molecule has 8 nitrogen and oxygen atoms in total. The van der Waals surface area contributed by atoms with Crippen LogP contribution in [0.5, 0.6) is 0 Å². The van der Waals surface area contributed by atoms with Gasteiger partial charge in [-0.15, -0.1) is 17.9 Å². The fourth-order valence-electron chi connectivity index (χ4n) is 2.37. The van der Waals surface area contributed by atoms with Gasteiger partial charge in [0.2, 0.25) is 5.91 Å². The van der Waals surface area contributed by atoms with Crippen molar-refractivity contribution < 1.29 is 9.72 Å². The minimum Gasteiger partial charge on any atom is -0.324 e. The number of hydrogen-bond donors (Lipinski definition) is 1. The van der Waals surface area contributed by atoms with E-state index in [2.05, 4.69) is 16.9 Å². The van der Waals surface area contributed by atoms with Crippen LogP contribution in [-0.2, 0) is 11.3 Å². The number of nitro groups is 1. The number of carbonyl (C=O) groups is 1. The van der Waals surface area contributed by atoms with E-state index in [-0.39, 0.29) is 40.2 Å². The van der Waals surface area contributed by atoms with Crippen molar-refractivity contribution in [2.45, 2.75) is 11.7 Å². The number of thiophene rings is 1. The van der Waals surface area contributed by atoms with Crippen molar-refractivity contribution in [1.82, 2.24) is 9.55 Å². The van der Waals surface area contributed by atoms with Crippen molar-refractivity contribution in [3.8, 4) is 0 Å². The lowest BCUT2D eigenvalue weighted by atomic mass is 10.3. The molecule has 0 aliphatic carbocycles. The summed E-state index contributed by atoms with van der Waals surface area (Å²) in [5.74, 6) is -0.403. The molecule has 3 rings (SSSR count). The highest BCUT2D eigenvalue weighted by Gasteiger charge is 2.15. The molecule has 28 heavy (non-hydrogen) atoms. The van der Waals surface area contributed by atoms with Gasteiger partial charge in [-0.2, -0.15) is 0 Å². The Morgan fingerprint density at radius 1 is 1.46 bits per heavy atom. The third kappa shape index (κ3) is 4.24. The van der Waals surface area contributed by atoms with Crippen LogP contribution in [0.2, 0.25) is 5.02 Å². The van der Waals surface area contributed by atoms with Crippen LogP contribution in [0.15, 0.2) is 52.3 Å². The predicted octanol–water partition coefficient (Wildman–Crippen LogP) is 3.94. The SMILES string of the molecule is C=CCn1c(SCC(=O)Nc2ccc([N+](=O)[O-])cc2Cl)nc2sccc2c1=O. The summed E-state index contributed by atoms with van der Waals surface area (Å²) < 4.78 is 1.46. The van der Waals surface area contributed by atoms with Gasteiger partial charge < -0.3 is 5.32 Å². The molecule has 0 aliphatic rings. The van der Waals surface area contributed by atoms with Crippen LogP contribution in [0.1, 0.15) is 0 Å². The summed E-state index contributed by atoms with van der Waals surface area (Å²) in [5.41, 5.74) is -0.0882. The first-order chi connectivity index (χ1) is 13.4. The first-order valence-corrected chi connectivity index (χ1v) is 10.1. The first kappa shape index (κ1) is 20.1. The van der Waals surface area contributed by atoms with Gasteiger partial charge in [0.1, 0.15) is 4.83 Å². The summed E-state index contributed by atoms with van der Waals surface area (Å²) in [5, 5.41) is 16.1. The van der Waals surface area contributed by atoms with Crippen LogP contribution in [0.3, 0.4) is 0 Å². The highest BCUT2D eigenvalue weighted by molar-refractivity contribution is 7.99. The van der Waals surface area contributed by atoms with Gasteiger partial charge in [0, 0.05) is 18.7 Å². The van der Waals surface area contributed by atoms with Crippen LogP contribution < -0.4 is 10.9 Å². The number of nitrogens with zero attached hydrogens (tertiary/aromatic N) is 3. The molecule has 0 spiro atoms. The molecule has 1 aromatic carbocycles. The van der Waals surface area contributed by atoms with Gasteiger partial charge in [-0.1, -0.05) is 29.4 Å². The van der Waals surface area contributed by atoms with Crippen molar-refractivity contribution in [2.75, 3.05) is 11.1 Å². The van der Waals surface area contributed by atoms with E-state index in [4.69, 9.17) is 11.6 Å². The number of anilines is 1. The lowest BCUT2D eigenvalue weighted by molar-refractivity contribution is -0.384. The molecule has 0 aliphatic heterocycles. The summed E-state index contributed by atoms with van der Waals surface area (Å²) in [6.07, 6.45) is 1.59. The number of fused-ring (bicyclic) bond motifs is 1. The number of hydrogen-bond acceptors (Lipinski definition) is 7. The molecule has 0 fully saturated rings. The number of aromatic nitrogens is 2. The monoisotopic (exact) mass is 436 g/mol. The Labute approximate surface area is 172 Å². The molecule has 0 atom stereocenters. The number of nitrogens with one attached hydrogen (secondary N) is 1. The largest absolute Gasteiger partial charge is 0.324 e. The Balaban J connectivity index is 1.76. The van der Waals surface area contributed by atoms with Crippen LogP contribution in [-0.4, -0.2) is 26.1 Å². The lowest BCUT2D eigenvalue weighted by Crippen LogP contribution is -2.23. The van der Waals surface area contributed by atoms with E-state index >= 15 is 0 Å². The molecular formula is C17H13ClN4O4S2. The Kier molecular flexibility index (Phi) is 6.12. The van der Waals surface area contributed by atoms with Gasteiger partial charge in [-0.05, 0) is 17.5 Å². The van der Waals surface area contributed by atoms with Crippen molar-refractivity contribution in [2.24, 2.45) is 0 Å². The highest BCUT2D eigenvalue weighted by Crippen LogP contribution is 2.27. The highest BCUT2D eigenvalue weighted by atomic mass is 35.5. The first-order valence-electron chi connectivity index (χ1n) is 7.86. The maximum absolute atomic E-state index is 12.6. The lowest BCUT2D eigenvalue weighted by Gasteiger charge is -2.10. The van der Waals surface area contributed by atoms with Gasteiger partial charge in [-0.25, -0.2) is 4.98 Å². The molecule has 0 unspecified atom stereocenters. The van der Waals surface area contributed by atoms with Crippen molar-refractivity contribution >= 4 is 62.2 Å². The Morgan fingerprint density at radius 2 is 2.25 bits per heavy atom. The molecule has 144 valence electrons. The number of nitro benzene ring substituents is 1. The second kappa shape index (κ2) is 8.55. The smallest absolute Gasteiger partial charge is 0.271 e. The van der Waals surface area contributed by atoms with Gasteiger partial charge in [-0.3, -0.25) is 24.3 Å². The number of allylic oxidation sites excluding steroid dienone is 1. The van der Waals surface area contributed by atoms with Crippen molar-refractivity contribution in [3.05, 3.63) is 67.8 Å². The Bertz CT molecular complexity index is 1140. The molecule has 11 heteroatoms. The number of non-ortho nitro benzene ring substituents is 1. The van der Waals surface area contributed by atoms with E-state index in [1.807, 2.05) is 0 Å². The molecule has 2 aromatic heterocycles. The normalized spacial score (nSPS) is 10.8. The third-order valence-electron chi connectivity index (χ3n) is 3.63. The van der Waals surface area contributed by atoms with E-state index in [1.54, 1.807) is 17.5 Å².